The summed E-state index contributed by atoms with van der Waals surface area (Å²) in [5.74, 6) is -3.64. The molecule has 1 aromatic heterocycles. The second-order valence-corrected chi connectivity index (χ2v) is 9.01. The number of aromatic nitrogens is 2. The Bertz CT molecular complexity index is 1410. The molecule has 0 unspecified atom stereocenters. The number of halogens is 7. The molecule has 0 aliphatic heterocycles. The Labute approximate surface area is 233 Å². The van der Waals surface area contributed by atoms with Crippen molar-refractivity contribution in [2.75, 3.05) is 14.1 Å². The van der Waals surface area contributed by atoms with E-state index in [9.17, 15) is 18.0 Å². The molecule has 0 atom stereocenters. The number of ether oxygens (including phenoxy) is 1. The third-order valence-electron chi connectivity index (χ3n) is 4.43. The molecule has 0 aliphatic carbocycles. The van der Waals surface area contributed by atoms with Crippen LogP contribution < -0.4 is 10.1 Å². The molecule has 0 fully saturated rings. The number of aliphatic carboxylic acids is 1. The van der Waals surface area contributed by atoms with E-state index in [0.29, 0.717) is 12.4 Å². The van der Waals surface area contributed by atoms with Crippen molar-refractivity contribution in [3.05, 3.63) is 74.0 Å². The van der Waals surface area contributed by atoms with E-state index in [2.05, 4.69) is 15.3 Å². The number of nitrogens with one attached hydrogen (secondary N) is 2. The van der Waals surface area contributed by atoms with Crippen molar-refractivity contribution in [2.45, 2.75) is 19.3 Å². The molecule has 208 valence electrons. The van der Waals surface area contributed by atoms with E-state index in [-0.39, 0.29) is 50.1 Å². The van der Waals surface area contributed by atoms with Crippen LogP contribution >= 0.6 is 34.8 Å². The van der Waals surface area contributed by atoms with Gasteiger partial charge in [0.15, 0.2) is 16.7 Å². The van der Waals surface area contributed by atoms with Gasteiger partial charge in [0.1, 0.15) is 17.3 Å². The van der Waals surface area contributed by atoms with Gasteiger partial charge in [-0.1, -0.05) is 40.9 Å². The standard InChI is InChI=1S/C21H17Cl3FN5O2.C2HF3O2/c1-30(2)10-16-28-18(20(24)29-16)21(31)27-9-12-3-4-15(23)19(17(12)25)32-14-6-11(8-26)5-13(22)7-14;3-2(4,5)1(6)7/h3-7H,9-10H2,1-2H3,(H,27,31)(H,28,29);(H,6,7). The van der Waals surface area contributed by atoms with E-state index in [1.54, 1.807) is 0 Å². The average Bonchev–Trinajstić information content (AvgIpc) is 3.19. The number of amides is 1. The van der Waals surface area contributed by atoms with Crippen molar-refractivity contribution < 1.29 is 37.0 Å². The van der Waals surface area contributed by atoms with Gasteiger partial charge in [0.2, 0.25) is 0 Å². The van der Waals surface area contributed by atoms with Gasteiger partial charge in [-0.15, -0.1) is 0 Å². The molecule has 39 heavy (non-hydrogen) atoms. The van der Waals surface area contributed by atoms with Gasteiger partial charge < -0.3 is 25.0 Å². The molecular formula is C23H18Cl3F4N5O4. The zero-order valence-corrected chi connectivity index (χ0v) is 22.2. The van der Waals surface area contributed by atoms with Gasteiger partial charge in [-0.05, 0) is 38.4 Å². The number of nitrogens with zero attached hydrogens (tertiary/aromatic N) is 3. The van der Waals surface area contributed by atoms with Crippen LogP contribution in [0.4, 0.5) is 17.6 Å². The Morgan fingerprint density at radius 2 is 1.85 bits per heavy atom. The number of carbonyl (C=O) groups excluding carboxylic acids is 1. The number of alkyl halides is 3. The Morgan fingerprint density at radius 3 is 2.41 bits per heavy atom. The quantitative estimate of drug-likeness (QED) is 0.288. The van der Waals surface area contributed by atoms with E-state index in [0.717, 1.165) is 0 Å². The number of carboxylic acids is 1. The van der Waals surface area contributed by atoms with E-state index < -0.39 is 23.9 Å². The number of benzene rings is 2. The van der Waals surface area contributed by atoms with Crippen LogP contribution in [0.25, 0.3) is 0 Å². The maximum absolute atomic E-state index is 15.1. The fourth-order valence-corrected chi connectivity index (χ4v) is 3.44. The number of H-pyrrole nitrogens is 1. The average molecular weight is 611 g/mol. The van der Waals surface area contributed by atoms with Gasteiger partial charge in [-0.3, -0.25) is 4.79 Å². The number of aromatic amines is 1. The second-order valence-electron chi connectivity index (χ2n) is 7.81. The van der Waals surface area contributed by atoms with Gasteiger partial charge in [-0.2, -0.15) is 18.4 Å². The highest BCUT2D eigenvalue weighted by Gasteiger charge is 2.38. The summed E-state index contributed by atoms with van der Waals surface area (Å²) in [5.41, 5.74) is 0.458. The molecule has 3 aromatic rings. The second kappa shape index (κ2) is 13.5. The summed E-state index contributed by atoms with van der Waals surface area (Å²) in [6, 6.07) is 9.09. The largest absolute Gasteiger partial charge is 0.490 e. The van der Waals surface area contributed by atoms with Crippen LogP contribution in [-0.4, -0.2) is 52.1 Å². The smallest absolute Gasteiger partial charge is 0.475 e. The Kier molecular flexibility index (Phi) is 10.9. The lowest BCUT2D eigenvalue weighted by Crippen LogP contribution is -2.24. The fourth-order valence-electron chi connectivity index (χ4n) is 2.79. The van der Waals surface area contributed by atoms with Crippen LogP contribution in [0.15, 0.2) is 30.3 Å². The minimum atomic E-state index is -5.08. The minimum absolute atomic E-state index is 0.0148. The van der Waals surface area contributed by atoms with Crippen LogP contribution in [0, 0.1) is 17.1 Å². The Morgan fingerprint density at radius 1 is 1.21 bits per heavy atom. The topological polar surface area (TPSA) is 131 Å². The van der Waals surface area contributed by atoms with Crippen molar-refractivity contribution in [1.82, 2.24) is 20.2 Å². The molecule has 0 spiro atoms. The van der Waals surface area contributed by atoms with Crippen molar-refractivity contribution in [1.29, 1.82) is 5.26 Å². The maximum atomic E-state index is 15.1. The first-order valence-electron chi connectivity index (χ1n) is 10.4. The lowest BCUT2D eigenvalue weighted by molar-refractivity contribution is -0.192. The molecule has 0 radical (unpaired) electrons. The van der Waals surface area contributed by atoms with Crippen molar-refractivity contribution >= 4 is 46.7 Å². The van der Waals surface area contributed by atoms with Gasteiger partial charge in [0.05, 0.1) is 23.2 Å². The molecule has 0 saturated heterocycles. The number of carbonyl (C=O) groups is 2. The van der Waals surface area contributed by atoms with E-state index in [1.165, 1.54) is 30.3 Å². The third kappa shape index (κ3) is 9.29. The highest BCUT2D eigenvalue weighted by Crippen LogP contribution is 2.35. The number of hydrogen-bond donors (Lipinski definition) is 3. The van der Waals surface area contributed by atoms with Crippen molar-refractivity contribution in [3.63, 3.8) is 0 Å². The number of carboxylic acid groups (broad SMARTS) is 1. The molecule has 9 nitrogen and oxygen atoms in total. The fraction of sp³-hybridized carbons (Fsp3) is 0.217. The first-order valence-corrected chi connectivity index (χ1v) is 11.6. The van der Waals surface area contributed by atoms with E-state index in [4.69, 9.17) is 54.7 Å². The molecular weight excluding hydrogens is 593 g/mol. The molecule has 16 heteroatoms. The molecule has 0 saturated carbocycles. The lowest BCUT2D eigenvalue weighted by atomic mass is 10.2. The molecule has 3 N–H and O–H groups in total. The predicted molar refractivity (Wildman–Crippen MR) is 134 cm³/mol. The van der Waals surface area contributed by atoms with Gasteiger partial charge in [0.25, 0.3) is 5.91 Å². The highest BCUT2D eigenvalue weighted by molar-refractivity contribution is 6.32. The predicted octanol–water partition coefficient (Wildman–Crippen LogP) is 5.80. The normalized spacial score (nSPS) is 10.9. The summed E-state index contributed by atoms with van der Waals surface area (Å²) in [6.07, 6.45) is -5.08. The summed E-state index contributed by atoms with van der Waals surface area (Å²) in [5, 5.41) is 19.1. The van der Waals surface area contributed by atoms with Crippen LogP contribution in [-0.2, 0) is 17.9 Å². The molecule has 0 bridgehead atoms. The highest BCUT2D eigenvalue weighted by atomic mass is 35.5. The lowest BCUT2D eigenvalue weighted by Gasteiger charge is -2.13. The molecule has 1 heterocycles. The monoisotopic (exact) mass is 609 g/mol. The van der Waals surface area contributed by atoms with Gasteiger partial charge in [0, 0.05) is 17.1 Å². The van der Waals surface area contributed by atoms with Crippen molar-refractivity contribution in [3.8, 4) is 17.6 Å². The first-order chi connectivity index (χ1) is 18.1. The van der Waals surface area contributed by atoms with Crippen LogP contribution in [0.1, 0.15) is 27.4 Å². The molecule has 1 amide bonds. The summed E-state index contributed by atoms with van der Waals surface area (Å²) in [4.78, 5) is 30.2. The number of hydrogen-bond acceptors (Lipinski definition) is 6. The van der Waals surface area contributed by atoms with Crippen LogP contribution in [0.2, 0.25) is 15.2 Å². The Balaban J connectivity index is 0.000000673. The zero-order chi connectivity index (χ0) is 29.5. The maximum Gasteiger partial charge on any atom is 0.490 e. The summed E-state index contributed by atoms with van der Waals surface area (Å²) in [7, 11) is 3.70. The number of rotatable bonds is 7. The zero-order valence-electron chi connectivity index (χ0n) is 20.0. The Hall–Kier alpha value is -3.57. The number of imidazole rings is 1. The van der Waals surface area contributed by atoms with E-state index >= 15 is 4.39 Å². The minimum Gasteiger partial charge on any atom is -0.475 e. The molecule has 3 rings (SSSR count). The first kappa shape index (κ1) is 31.6. The molecule has 2 aromatic carbocycles. The SMILES string of the molecule is CN(C)Cc1nc(Cl)c(C(=O)NCc2ccc(Cl)c(Oc3cc(Cl)cc(C#N)c3)c2F)[nH]1.O=C(O)C(F)(F)F. The summed E-state index contributed by atoms with van der Waals surface area (Å²) < 4.78 is 52.4. The summed E-state index contributed by atoms with van der Waals surface area (Å²) in [6.45, 7) is 0.312. The van der Waals surface area contributed by atoms with Crippen LogP contribution in [0.5, 0.6) is 11.5 Å². The van der Waals surface area contributed by atoms with E-state index in [1.807, 2.05) is 25.1 Å². The van der Waals surface area contributed by atoms with Crippen LogP contribution in [0.3, 0.4) is 0 Å². The van der Waals surface area contributed by atoms with Gasteiger partial charge >= 0.3 is 12.1 Å². The number of nitriles is 1. The van der Waals surface area contributed by atoms with Gasteiger partial charge in [-0.25, -0.2) is 14.2 Å². The van der Waals surface area contributed by atoms with Crippen molar-refractivity contribution in [2.24, 2.45) is 0 Å². The summed E-state index contributed by atoms with van der Waals surface area (Å²) >= 11 is 18.1. The molecule has 0 aliphatic rings. The third-order valence-corrected chi connectivity index (χ3v) is 5.22.